The highest BCUT2D eigenvalue weighted by Gasteiger charge is 2.34. The average molecular weight is 295 g/mol. The lowest BCUT2D eigenvalue weighted by molar-refractivity contribution is -0.141. The van der Waals surface area contributed by atoms with E-state index in [2.05, 4.69) is 15.5 Å². The van der Waals surface area contributed by atoms with Crippen LogP contribution < -0.4 is 0 Å². The maximum Gasteiger partial charge on any atom is 0.305 e. The Bertz CT molecular complexity index is 470. The number of esters is 2. The molecule has 0 aliphatic carbocycles. The summed E-state index contributed by atoms with van der Waals surface area (Å²) in [4.78, 5) is 23.5. The van der Waals surface area contributed by atoms with E-state index in [1.54, 1.807) is 0 Å². The number of nitrogens with zero attached hydrogens (tertiary/aromatic N) is 1. The molecule has 1 rings (SSSR count). The Morgan fingerprint density at radius 1 is 1.25 bits per heavy atom. The lowest BCUT2D eigenvalue weighted by Gasteiger charge is -2.24. The van der Waals surface area contributed by atoms with Crippen molar-refractivity contribution in [3.05, 3.63) is 22.4 Å². The van der Waals surface area contributed by atoms with E-state index in [1.165, 1.54) is 25.6 Å². The Morgan fingerprint density at radius 2 is 1.80 bits per heavy atom. The molecule has 1 aromatic heterocycles. The molecule has 0 atom stereocenters. The van der Waals surface area contributed by atoms with Gasteiger partial charge >= 0.3 is 11.9 Å². The van der Waals surface area contributed by atoms with E-state index in [0.29, 0.717) is 12.8 Å². The van der Waals surface area contributed by atoms with Crippen LogP contribution in [0.3, 0.4) is 0 Å². The van der Waals surface area contributed by atoms with Crippen molar-refractivity contribution in [2.24, 2.45) is 0 Å². The molecule has 0 bridgehead atoms. The van der Waals surface area contributed by atoms with Crippen molar-refractivity contribution >= 4 is 23.3 Å². The SMILES string of the molecule is COC(=O)CCC(C#N)(CCC(=O)OC)c1cccs1. The number of carbonyl (C=O) groups is 2. The first-order chi connectivity index (χ1) is 9.57. The van der Waals surface area contributed by atoms with Gasteiger partial charge in [0.1, 0.15) is 0 Å². The zero-order valence-corrected chi connectivity index (χ0v) is 12.4. The van der Waals surface area contributed by atoms with Gasteiger partial charge in [0.05, 0.1) is 25.7 Å². The van der Waals surface area contributed by atoms with Crippen LogP contribution in [0.1, 0.15) is 30.6 Å². The molecule has 0 amide bonds. The Hall–Kier alpha value is -1.87. The molecule has 0 radical (unpaired) electrons. The zero-order valence-electron chi connectivity index (χ0n) is 11.5. The molecule has 20 heavy (non-hydrogen) atoms. The van der Waals surface area contributed by atoms with Crippen LogP contribution >= 0.6 is 11.3 Å². The van der Waals surface area contributed by atoms with Crippen molar-refractivity contribution in [3.8, 4) is 6.07 Å². The number of carbonyl (C=O) groups excluding carboxylic acids is 2. The van der Waals surface area contributed by atoms with Crippen LogP contribution in [0.25, 0.3) is 0 Å². The summed E-state index contributed by atoms with van der Waals surface area (Å²) in [6, 6.07) is 5.97. The predicted octanol–water partition coefficient (Wildman–Crippen LogP) is 2.42. The second kappa shape index (κ2) is 7.65. The lowest BCUT2D eigenvalue weighted by atomic mass is 9.79. The normalized spacial score (nSPS) is 10.7. The Morgan fingerprint density at radius 3 is 2.15 bits per heavy atom. The third-order valence-corrected chi connectivity index (χ3v) is 4.25. The van der Waals surface area contributed by atoms with Gasteiger partial charge in [-0.15, -0.1) is 11.3 Å². The molecule has 6 heteroatoms. The van der Waals surface area contributed by atoms with Gasteiger partial charge in [0.2, 0.25) is 0 Å². The number of hydrogen-bond donors (Lipinski definition) is 0. The molecule has 0 unspecified atom stereocenters. The fraction of sp³-hybridized carbons (Fsp3) is 0.500. The molecular formula is C14H17NO4S. The van der Waals surface area contributed by atoms with Crippen LogP contribution in [0.15, 0.2) is 17.5 Å². The molecule has 1 heterocycles. The molecule has 0 aromatic carbocycles. The maximum atomic E-state index is 11.3. The first-order valence-corrected chi connectivity index (χ1v) is 7.05. The fourth-order valence-electron chi connectivity index (χ4n) is 1.92. The lowest BCUT2D eigenvalue weighted by Crippen LogP contribution is -2.26. The Labute approximate surface area is 122 Å². The summed E-state index contributed by atoms with van der Waals surface area (Å²) in [6.45, 7) is 0. The summed E-state index contributed by atoms with van der Waals surface area (Å²) in [6.07, 6.45) is 0.938. The highest BCUT2D eigenvalue weighted by molar-refractivity contribution is 7.10. The number of rotatable bonds is 7. The highest BCUT2D eigenvalue weighted by Crippen LogP contribution is 2.36. The van der Waals surface area contributed by atoms with Crippen LogP contribution in [-0.2, 0) is 24.5 Å². The van der Waals surface area contributed by atoms with Gasteiger partial charge in [-0.25, -0.2) is 0 Å². The van der Waals surface area contributed by atoms with Gasteiger partial charge in [-0.2, -0.15) is 5.26 Å². The molecule has 0 saturated heterocycles. The topological polar surface area (TPSA) is 76.4 Å². The van der Waals surface area contributed by atoms with E-state index in [-0.39, 0.29) is 24.8 Å². The third-order valence-electron chi connectivity index (χ3n) is 3.17. The smallest absolute Gasteiger partial charge is 0.305 e. The van der Waals surface area contributed by atoms with E-state index in [4.69, 9.17) is 0 Å². The number of methoxy groups -OCH3 is 2. The molecule has 0 fully saturated rings. The van der Waals surface area contributed by atoms with Gasteiger partial charge in [-0.1, -0.05) is 6.07 Å². The van der Waals surface area contributed by atoms with E-state index in [0.717, 1.165) is 4.88 Å². The molecule has 1 aromatic rings. The number of thiophene rings is 1. The fourth-order valence-corrected chi connectivity index (χ4v) is 2.86. The minimum atomic E-state index is -0.851. The van der Waals surface area contributed by atoms with Crippen LogP contribution in [0.2, 0.25) is 0 Å². The Kier molecular flexibility index (Phi) is 6.19. The van der Waals surface area contributed by atoms with E-state index in [9.17, 15) is 14.9 Å². The number of ether oxygens (including phenoxy) is 2. The molecule has 0 N–H and O–H groups in total. The van der Waals surface area contributed by atoms with Crippen LogP contribution in [0.5, 0.6) is 0 Å². The summed E-state index contributed by atoms with van der Waals surface area (Å²) in [7, 11) is 2.63. The molecule has 0 aliphatic heterocycles. The standard InChI is InChI=1S/C14H17NO4S/c1-18-12(16)5-7-14(10-15,8-6-13(17)19-2)11-4-3-9-20-11/h3-4,9H,5-8H2,1-2H3. The van der Waals surface area contributed by atoms with Gasteiger partial charge in [0, 0.05) is 17.7 Å². The van der Waals surface area contributed by atoms with Crippen LogP contribution in [0, 0.1) is 11.3 Å². The summed E-state index contributed by atoms with van der Waals surface area (Å²) in [5, 5.41) is 11.4. The number of hydrogen-bond acceptors (Lipinski definition) is 6. The van der Waals surface area contributed by atoms with Crippen LogP contribution in [0.4, 0.5) is 0 Å². The maximum absolute atomic E-state index is 11.3. The van der Waals surface area contributed by atoms with Gasteiger partial charge < -0.3 is 9.47 Å². The minimum Gasteiger partial charge on any atom is -0.469 e. The van der Waals surface area contributed by atoms with Gasteiger partial charge in [0.15, 0.2) is 0 Å². The first-order valence-electron chi connectivity index (χ1n) is 6.17. The summed E-state index contributed by atoms with van der Waals surface area (Å²) < 4.78 is 9.24. The minimum absolute atomic E-state index is 0.142. The first kappa shape index (κ1) is 16.2. The zero-order chi connectivity index (χ0) is 15.0. The molecule has 108 valence electrons. The Balaban J connectivity index is 2.89. The van der Waals surface area contributed by atoms with Crippen molar-refractivity contribution in [3.63, 3.8) is 0 Å². The van der Waals surface area contributed by atoms with Gasteiger partial charge in [-0.3, -0.25) is 9.59 Å². The number of nitriles is 1. The van der Waals surface area contributed by atoms with Crippen molar-refractivity contribution in [1.82, 2.24) is 0 Å². The molecule has 0 aliphatic rings. The molecule has 0 spiro atoms. The average Bonchev–Trinajstić information content (AvgIpc) is 3.02. The molecule has 5 nitrogen and oxygen atoms in total. The van der Waals surface area contributed by atoms with Crippen molar-refractivity contribution in [2.45, 2.75) is 31.1 Å². The second-order valence-corrected chi connectivity index (χ2v) is 5.27. The van der Waals surface area contributed by atoms with Crippen molar-refractivity contribution in [1.29, 1.82) is 5.26 Å². The predicted molar refractivity (Wildman–Crippen MR) is 74.1 cm³/mol. The highest BCUT2D eigenvalue weighted by atomic mass is 32.1. The van der Waals surface area contributed by atoms with Gasteiger partial charge in [0.25, 0.3) is 0 Å². The van der Waals surface area contributed by atoms with E-state index < -0.39 is 5.41 Å². The largest absolute Gasteiger partial charge is 0.469 e. The van der Waals surface area contributed by atoms with Crippen molar-refractivity contribution in [2.75, 3.05) is 14.2 Å². The summed E-state index contributed by atoms with van der Waals surface area (Å²) in [5.41, 5.74) is -0.851. The second-order valence-electron chi connectivity index (χ2n) is 4.32. The molecule has 0 saturated carbocycles. The van der Waals surface area contributed by atoms with Crippen molar-refractivity contribution < 1.29 is 19.1 Å². The van der Waals surface area contributed by atoms with E-state index in [1.807, 2.05) is 17.5 Å². The van der Waals surface area contributed by atoms with Crippen LogP contribution in [-0.4, -0.2) is 26.2 Å². The summed E-state index contributed by atoms with van der Waals surface area (Å²) >= 11 is 1.45. The molecular weight excluding hydrogens is 278 g/mol. The van der Waals surface area contributed by atoms with E-state index >= 15 is 0 Å². The van der Waals surface area contributed by atoms with Gasteiger partial charge in [-0.05, 0) is 24.3 Å². The summed E-state index contributed by atoms with van der Waals surface area (Å²) in [5.74, 6) is -0.724. The third kappa shape index (κ3) is 4.07. The monoisotopic (exact) mass is 295 g/mol. The quantitative estimate of drug-likeness (QED) is 0.722.